The summed E-state index contributed by atoms with van der Waals surface area (Å²) in [6.07, 6.45) is 0. The van der Waals surface area contributed by atoms with Crippen LogP contribution in [0.4, 0.5) is 11.8 Å². The van der Waals surface area contributed by atoms with Crippen LogP contribution in [0.2, 0.25) is 5.02 Å². The van der Waals surface area contributed by atoms with Crippen molar-refractivity contribution in [2.75, 3.05) is 24.7 Å². The maximum Gasteiger partial charge on any atom is 0.262 e. The van der Waals surface area contributed by atoms with E-state index in [9.17, 15) is 4.79 Å². The molecule has 1 heterocycles. The number of nitrogens with one attached hydrogen (secondary N) is 1. The molecule has 0 bridgehead atoms. The smallest absolute Gasteiger partial charge is 0.262 e. The number of nitrogens with zero attached hydrogens (tertiary/aromatic N) is 2. The first-order chi connectivity index (χ1) is 8.50. The molecule has 1 aromatic heterocycles. The molecule has 0 spiro atoms. The fourth-order valence-electron chi connectivity index (χ4n) is 1.61. The van der Waals surface area contributed by atoms with E-state index in [4.69, 9.17) is 17.3 Å². The maximum atomic E-state index is 12.1. The van der Waals surface area contributed by atoms with Crippen LogP contribution in [-0.4, -0.2) is 24.1 Å². The highest BCUT2D eigenvalue weighted by atomic mass is 35.5. The molecule has 3 N–H and O–H groups in total. The molecule has 0 unspecified atom stereocenters. The van der Waals surface area contributed by atoms with Gasteiger partial charge in [0.1, 0.15) is 5.82 Å². The maximum absolute atomic E-state index is 12.1. The first kappa shape index (κ1) is 12.4. The Hall–Kier alpha value is -2.01. The van der Waals surface area contributed by atoms with Crippen molar-refractivity contribution >= 4 is 23.4 Å². The van der Waals surface area contributed by atoms with E-state index in [1.165, 1.54) is 0 Å². The summed E-state index contributed by atoms with van der Waals surface area (Å²) in [7, 11) is 3.54. The minimum Gasteiger partial charge on any atom is -0.383 e. The Kier molecular flexibility index (Phi) is 3.25. The second-order valence-corrected chi connectivity index (χ2v) is 4.43. The Bertz CT molecular complexity index is 636. The third kappa shape index (κ3) is 2.17. The Labute approximate surface area is 109 Å². The molecule has 0 radical (unpaired) electrons. The van der Waals surface area contributed by atoms with E-state index in [1.807, 2.05) is 0 Å². The molecule has 0 saturated heterocycles. The fourth-order valence-corrected chi connectivity index (χ4v) is 1.84. The Morgan fingerprint density at radius 1 is 1.33 bits per heavy atom. The summed E-state index contributed by atoms with van der Waals surface area (Å²) < 4.78 is 0. The number of anilines is 2. The van der Waals surface area contributed by atoms with Crippen LogP contribution in [0.15, 0.2) is 29.1 Å². The number of nitrogen functional groups attached to an aromatic ring is 1. The number of hydrogen-bond donors (Lipinski definition) is 2. The predicted octanol–water partition coefficient (Wildman–Crippen LogP) is 1.74. The molecule has 18 heavy (non-hydrogen) atoms. The largest absolute Gasteiger partial charge is 0.383 e. The molecule has 6 heteroatoms. The average molecular weight is 265 g/mol. The third-order valence-corrected chi connectivity index (χ3v) is 2.83. The molecule has 0 aliphatic rings. The van der Waals surface area contributed by atoms with E-state index in [1.54, 1.807) is 43.3 Å². The van der Waals surface area contributed by atoms with Crippen molar-refractivity contribution in [2.24, 2.45) is 0 Å². The van der Waals surface area contributed by atoms with Crippen molar-refractivity contribution in [1.82, 2.24) is 9.97 Å². The zero-order chi connectivity index (χ0) is 13.3. The summed E-state index contributed by atoms with van der Waals surface area (Å²) in [5, 5.41) is 0.467. The third-order valence-electron chi connectivity index (χ3n) is 2.50. The topological polar surface area (TPSA) is 75.0 Å². The number of hydrogen-bond acceptors (Lipinski definition) is 4. The molecule has 0 saturated carbocycles. The lowest BCUT2D eigenvalue weighted by Gasteiger charge is -2.13. The van der Waals surface area contributed by atoms with Crippen LogP contribution in [0, 0.1) is 0 Å². The van der Waals surface area contributed by atoms with E-state index in [0.717, 1.165) is 0 Å². The highest BCUT2D eigenvalue weighted by Gasteiger charge is 2.14. The second kappa shape index (κ2) is 4.70. The van der Waals surface area contributed by atoms with Gasteiger partial charge in [-0.15, -0.1) is 0 Å². The van der Waals surface area contributed by atoms with Gasteiger partial charge in [-0.1, -0.05) is 29.8 Å². The van der Waals surface area contributed by atoms with Crippen LogP contribution in [0.25, 0.3) is 11.1 Å². The van der Waals surface area contributed by atoms with Crippen LogP contribution >= 0.6 is 11.6 Å². The lowest BCUT2D eigenvalue weighted by Crippen LogP contribution is -2.21. The number of halogens is 1. The van der Waals surface area contributed by atoms with Crippen LogP contribution in [0.3, 0.4) is 0 Å². The molecule has 0 amide bonds. The van der Waals surface area contributed by atoms with E-state index >= 15 is 0 Å². The van der Waals surface area contributed by atoms with Gasteiger partial charge in [0, 0.05) is 24.7 Å². The highest BCUT2D eigenvalue weighted by molar-refractivity contribution is 6.33. The molecule has 5 nitrogen and oxygen atoms in total. The molecule has 0 atom stereocenters. The predicted molar refractivity (Wildman–Crippen MR) is 74.0 cm³/mol. The zero-order valence-electron chi connectivity index (χ0n) is 10.1. The summed E-state index contributed by atoms with van der Waals surface area (Å²) in [6.45, 7) is 0. The molecule has 2 aromatic rings. The molecular weight excluding hydrogens is 252 g/mol. The van der Waals surface area contributed by atoms with Crippen molar-refractivity contribution < 1.29 is 0 Å². The van der Waals surface area contributed by atoms with Crippen LogP contribution in [0.1, 0.15) is 0 Å². The second-order valence-electron chi connectivity index (χ2n) is 4.02. The monoisotopic (exact) mass is 264 g/mol. The van der Waals surface area contributed by atoms with Crippen LogP contribution in [-0.2, 0) is 0 Å². The van der Waals surface area contributed by atoms with Gasteiger partial charge in [0.05, 0.1) is 5.56 Å². The normalized spacial score (nSPS) is 10.4. The Morgan fingerprint density at radius 2 is 2.00 bits per heavy atom. The summed E-state index contributed by atoms with van der Waals surface area (Å²) in [6, 6.07) is 7.02. The number of H-pyrrole nitrogens is 1. The van der Waals surface area contributed by atoms with Crippen molar-refractivity contribution in [1.29, 1.82) is 0 Å². The van der Waals surface area contributed by atoms with E-state index in [0.29, 0.717) is 22.1 Å². The summed E-state index contributed by atoms with van der Waals surface area (Å²) in [4.78, 5) is 20.5. The van der Waals surface area contributed by atoms with Gasteiger partial charge >= 0.3 is 0 Å². The lowest BCUT2D eigenvalue weighted by atomic mass is 10.1. The number of aromatic nitrogens is 2. The van der Waals surface area contributed by atoms with Crippen molar-refractivity contribution in [3.8, 4) is 11.1 Å². The minimum absolute atomic E-state index is 0.163. The van der Waals surface area contributed by atoms with Crippen molar-refractivity contribution in [3.05, 3.63) is 39.6 Å². The standard InChI is InChI=1S/C12H13ClN4O/c1-17(2)12-15-10(14)9(11(18)16-12)7-5-3-4-6-8(7)13/h3-6H,1-2H3,(H3,14,15,16,18). The molecule has 0 aliphatic heterocycles. The van der Waals surface area contributed by atoms with Gasteiger partial charge in [-0.05, 0) is 6.07 Å². The van der Waals surface area contributed by atoms with Crippen LogP contribution in [0.5, 0.6) is 0 Å². The molecule has 0 aliphatic carbocycles. The number of rotatable bonds is 2. The van der Waals surface area contributed by atoms with Gasteiger partial charge in [0.2, 0.25) is 5.95 Å². The van der Waals surface area contributed by atoms with E-state index < -0.39 is 0 Å². The Balaban J connectivity index is 2.67. The SMILES string of the molecule is CN(C)c1nc(N)c(-c2ccccc2Cl)c(=O)[nH]1. The number of aromatic amines is 1. The van der Waals surface area contributed by atoms with Crippen molar-refractivity contribution in [2.45, 2.75) is 0 Å². The van der Waals surface area contributed by atoms with E-state index in [2.05, 4.69) is 9.97 Å². The molecule has 2 rings (SSSR count). The average Bonchev–Trinajstić information content (AvgIpc) is 2.30. The fraction of sp³-hybridized carbons (Fsp3) is 0.167. The first-order valence-corrected chi connectivity index (χ1v) is 5.70. The van der Waals surface area contributed by atoms with Crippen LogP contribution < -0.4 is 16.2 Å². The van der Waals surface area contributed by atoms with Gasteiger partial charge in [0.15, 0.2) is 0 Å². The molecular formula is C12H13ClN4O. The summed E-state index contributed by atoms with van der Waals surface area (Å²) in [5.74, 6) is 0.573. The summed E-state index contributed by atoms with van der Waals surface area (Å²) in [5.41, 5.74) is 6.42. The van der Waals surface area contributed by atoms with Crippen molar-refractivity contribution in [3.63, 3.8) is 0 Å². The van der Waals surface area contributed by atoms with Gasteiger partial charge in [-0.3, -0.25) is 9.78 Å². The number of benzene rings is 1. The minimum atomic E-state index is -0.306. The molecule has 1 aromatic carbocycles. The summed E-state index contributed by atoms with van der Waals surface area (Å²) >= 11 is 6.06. The van der Waals surface area contributed by atoms with E-state index in [-0.39, 0.29) is 11.4 Å². The van der Waals surface area contributed by atoms with Gasteiger partial charge in [0.25, 0.3) is 5.56 Å². The number of nitrogens with two attached hydrogens (primary N) is 1. The lowest BCUT2D eigenvalue weighted by molar-refractivity contribution is 0.988. The first-order valence-electron chi connectivity index (χ1n) is 5.32. The Morgan fingerprint density at radius 3 is 2.56 bits per heavy atom. The zero-order valence-corrected chi connectivity index (χ0v) is 10.8. The van der Waals surface area contributed by atoms with Gasteiger partial charge in [-0.25, -0.2) is 0 Å². The highest BCUT2D eigenvalue weighted by Crippen LogP contribution is 2.28. The van der Waals surface area contributed by atoms with Gasteiger partial charge < -0.3 is 10.6 Å². The molecule has 0 fully saturated rings. The van der Waals surface area contributed by atoms with Gasteiger partial charge in [-0.2, -0.15) is 4.98 Å². The quantitative estimate of drug-likeness (QED) is 0.866. The molecule has 94 valence electrons.